The van der Waals surface area contributed by atoms with Crippen molar-refractivity contribution in [2.45, 2.75) is 44.0 Å². The van der Waals surface area contributed by atoms with Gasteiger partial charge in [-0.1, -0.05) is 0 Å². The molecule has 0 atom stereocenters. The lowest BCUT2D eigenvalue weighted by Crippen LogP contribution is -2.32. The number of carbonyl (C=O) groups is 1. The lowest BCUT2D eigenvalue weighted by Gasteiger charge is -2.19. The number of hydrogen-bond acceptors (Lipinski definition) is 4. The van der Waals surface area contributed by atoms with Crippen LogP contribution in [0, 0.1) is 0 Å². The van der Waals surface area contributed by atoms with Crippen LogP contribution < -0.4 is 5.32 Å². The number of rotatable bonds is 4. The van der Waals surface area contributed by atoms with Gasteiger partial charge in [-0.2, -0.15) is 13.2 Å². The highest BCUT2D eigenvalue weighted by atomic mass is 32.2. The summed E-state index contributed by atoms with van der Waals surface area (Å²) in [5, 5.41) is 2.50. The molecule has 1 aromatic heterocycles. The Morgan fingerprint density at radius 3 is 2.62 bits per heavy atom. The molecule has 0 unspecified atom stereocenters. The molecule has 1 aromatic rings. The van der Waals surface area contributed by atoms with Crippen LogP contribution in [0.2, 0.25) is 0 Å². The third kappa shape index (κ3) is 8.44. The van der Waals surface area contributed by atoms with Gasteiger partial charge < -0.3 is 10.1 Å². The number of nitrogens with zero attached hydrogens (tertiary/aromatic N) is 1. The van der Waals surface area contributed by atoms with Crippen LogP contribution in [-0.2, 0) is 11.3 Å². The summed E-state index contributed by atoms with van der Waals surface area (Å²) in [6.45, 7) is 5.30. The molecule has 8 heteroatoms. The minimum atomic E-state index is -4.22. The van der Waals surface area contributed by atoms with E-state index in [1.807, 2.05) is 0 Å². The number of alkyl carbamates (subject to hydrolysis) is 1. The average Bonchev–Trinajstić information content (AvgIpc) is 2.32. The number of amides is 1. The minimum Gasteiger partial charge on any atom is -0.444 e. The Bertz CT molecular complexity index is 487. The Morgan fingerprint density at radius 1 is 1.38 bits per heavy atom. The Balaban J connectivity index is 2.51. The molecule has 0 aliphatic carbocycles. The monoisotopic (exact) mass is 322 g/mol. The standard InChI is InChI=1S/C13H17F3N2O2S/c1-12(2,3)20-11(19)18-7-9-6-10(4-5-17-9)21-8-13(14,15)16/h4-6H,7-8H2,1-3H3,(H,18,19). The van der Waals surface area contributed by atoms with Crippen LogP contribution in [0.1, 0.15) is 26.5 Å². The van der Waals surface area contributed by atoms with Crippen molar-refractivity contribution in [3.05, 3.63) is 24.0 Å². The third-order valence-electron chi connectivity index (χ3n) is 2.00. The molecule has 0 aromatic carbocycles. The Kier molecular flexibility index (Phi) is 5.88. The van der Waals surface area contributed by atoms with E-state index in [2.05, 4.69) is 10.3 Å². The number of ether oxygens (including phenoxy) is 1. The van der Waals surface area contributed by atoms with Crippen LogP contribution in [0.4, 0.5) is 18.0 Å². The van der Waals surface area contributed by atoms with Crippen LogP contribution in [0.25, 0.3) is 0 Å². The van der Waals surface area contributed by atoms with Gasteiger partial charge in [0.15, 0.2) is 0 Å². The first-order valence-electron chi connectivity index (χ1n) is 6.16. The zero-order valence-corrected chi connectivity index (χ0v) is 12.8. The van der Waals surface area contributed by atoms with E-state index >= 15 is 0 Å². The molecule has 4 nitrogen and oxygen atoms in total. The quantitative estimate of drug-likeness (QED) is 0.858. The van der Waals surface area contributed by atoms with Crippen molar-refractivity contribution in [3.8, 4) is 0 Å². The molecule has 0 aliphatic heterocycles. The Hall–Kier alpha value is -1.44. The SMILES string of the molecule is CC(C)(C)OC(=O)NCc1cc(SCC(F)(F)F)ccn1. The predicted molar refractivity (Wildman–Crippen MR) is 74.1 cm³/mol. The molecule has 1 heterocycles. The first-order valence-corrected chi connectivity index (χ1v) is 7.15. The van der Waals surface area contributed by atoms with Crippen molar-refractivity contribution in [1.82, 2.24) is 10.3 Å². The summed E-state index contributed by atoms with van der Waals surface area (Å²) in [6, 6.07) is 3.00. The van der Waals surface area contributed by atoms with Gasteiger partial charge in [-0.05, 0) is 32.9 Å². The van der Waals surface area contributed by atoms with Crippen molar-refractivity contribution < 1.29 is 22.7 Å². The number of hydrogen-bond donors (Lipinski definition) is 1. The maximum Gasteiger partial charge on any atom is 0.407 e. The first-order chi connectivity index (χ1) is 9.55. The van der Waals surface area contributed by atoms with E-state index in [1.54, 1.807) is 20.8 Å². The van der Waals surface area contributed by atoms with E-state index in [4.69, 9.17) is 4.74 Å². The fraction of sp³-hybridized carbons (Fsp3) is 0.538. The molecular formula is C13H17F3N2O2S. The predicted octanol–water partition coefficient (Wildman–Crippen LogP) is 3.76. The number of pyridine rings is 1. The number of halogens is 3. The van der Waals surface area contributed by atoms with Crippen molar-refractivity contribution in [3.63, 3.8) is 0 Å². The molecule has 21 heavy (non-hydrogen) atoms. The van der Waals surface area contributed by atoms with Gasteiger partial charge in [0.1, 0.15) is 5.60 Å². The van der Waals surface area contributed by atoms with E-state index in [-0.39, 0.29) is 6.54 Å². The lowest BCUT2D eigenvalue weighted by atomic mass is 10.2. The van der Waals surface area contributed by atoms with Gasteiger partial charge in [0.2, 0.25) is 0 Å². The zero-order valence-electron chi connectivity index (χ0n) is 12.0. The maximum absolute atomic E-state index is 12.1. The molecule has 0 fully saturated rings. The van der Waals surface area contributed by atoms with Gasteiger partial charge in [0.05, 0.1) is 18.0 Å². The van der Waals surface area contributed by atoms with Gasteiger partial charge in [0.25, 0.3) is 0 Å². The van der Waals surface area contributed by atoms with E-state index in [0.717, 1.165) is 0 Å². The van der Waals surface area contributed by atoms with E-state index in [0.29, 0.717) is 22.4 Å². The van der Waals surface area contributed by atoms with Gasteiger partial charge in [0, 0.05) is 11.1 Å². The molecule has 0 aliphatic rings. The number of aromatic nitrogens is 1. The summed E-state index contributed by atoms with van der Waals surface area (Å²) in [7, 11) is 0. The number of nitrogens with one attached hydrogen (secondary N) is 1. The molecule has 0 saturated carbocycles. The summed E-state index contributed by atoms with van der Waals surface area (Å²) >= 11 is 0.677. The highest BCUT2D eigenvalue weighted by molar-refractivity contribution is 7.99. The largest absolute Gasteiger partial charge is 0.444 e. The molecule has 1 N–H and O–H groups in total. The fourth-order valence-electron chi connectivity index (χ4n) is 1.28. The van der Waals surface area contributed by atoms with Crippen LogP contribution >= 0.6 is 11.8 Å². The smallest absolute Gasteiger partial charge is 0.407 e. The maximum atomic E-state index is 12.1. The second-order valence-electron chi connectivity index (χ2n) is 5.24. The van der Waals surface area contributed by atoms with Gasteiger partial charge in [-0.3, -0.25) is 4.98 Å². The minimum absolute atomic E-state index is 0.0926. The molecule has 0 spiro atoms. The summed E-state index contributed by atoms with van der Waals surface area (Å²) in [5.41, 5.74) is -0.143. The Labute approximate surface area is 125 Å². The summed E-state index contributed by atoms with van der Waals surface area (Å²) in [5.74, 6) is -0.962. The summed E-state index contributed by atoms with van der Waals surface area (Å²) < 4.78 is 41.5. The second kappa shape index (κ2) is 7.02. The third-order valence-corrected chi connectivity index (χ3v) is 3.06. The molecule has 118 valence electrons. The van der Waals surface area contributed by atoms with Crippen LogP contribution in [0.3, 0.4) is 0 Å². The van der Waals surface area contributed by atoms with Crippen LogP contribution in [-0.4, -0.2) is 28.6 Å². The van der Waals surface area contributed by atoms with Crippen LogP contribution in [0.5, 0.6) is 0 Å². The summed E-state index contributed by atoms with van der Waals surface area (Å²) in [6.07, 6.45) is -3.41. The first kappa shape index (κ1) is 17.6. The average molecular weight is 322 g/mol. The van der Waals surface area contributed by atoms with E-state index < -0.39 is 23.6 Å². The normalized spacial score (nSPS) is 12.1. The topological polar surface area (TPSA) is 51.2 Å². The summed E-state index contributed by atoms with van der Waals surface area (Å²) in [4.78, 5) is 15.9. The van der Waals surface area contributed by atoms with Gasteiger partial charge in [-0.15, -0.1) is 11.8 Å². The van der Waals surface area contributed by atoms with Gasteiger partial charge >= 0.3 is 12.3 Å². The molecule has 0 bridgehead atoms. The van der Waals surface area contributed by atoms with Crippen molar-refractivity contribution in [2.75, 3.05) is 5.75 Å². The van der Waals surface area contributed by atoms with E-state index in [1.165, 1.54) is 18.3 Å². The Morgan fingerprint density at radius 2 is 2.05 bits per heavy atom. The van der Waals surface area contributed by atoms with Crippen molar-refractivity contribution in [2.24, 2.45) is 0 Å². The number of carbonyl (C=O) groups excluding carboxylic acids is 1. The van der Waals surface area contributed by atoms with Gasteiger partial charge in [-0.25, -0.2) is 4.79 Å². The zero-order chi connectivity index (χ0) is 16.1. The molecular weight excluding hydrogens is 305 g/mol. The van der Waals surface area contributed by atoms with E-state index in [9.17, 15) is 18.0 Å². The highest BCUT2D eigenvalue weighted by Gasteiger charge is 2.27. The fourth-order valence-corrected chi connectivity index (χ4v) is 1.99. The van der Waals surface area contributed by atoms with Crippen LogP contribution in [0.15, 0.2) is 23.2 Å². The molecule has 1 rings (SSSR count). The molecule has 0 saturated heterocycles. The molecule has 1 amide bonds. The lowest BCUT2D eigenvalue weighted by molar-refractivity contribution is -0.105. The number of alkyl halides is 3. The number of thioether (sulfide) groups is 1. The second-order valence-corrected chi connectivity index (χ2v) is 6.29. The molecule has 0 radical (unpaired) electrons. The van der Waals surface area contributed by atoms with Crippen molar-refractivity contribution in [1.29, 1.82) is 0 Å². The van der Waals surface area contributed by atoms with Crippen molar-refractivity contribution >= 4 is 17.9 Å². The highest BCUT2D eigenvalue weighted by Crippen LogP contribution is 2.27.